The maximum absolute atomic E-state index is 9.79. The van der Waals surface area contributed by atoms with E-state index in [4.69, 9.17) is 0 Å². The number of hydrogen-bond donors (Lipinski definition) is 1. The highest BCUT2D eigenvalue weighted by Crippen LogP contribution is 2.22. The predicted octanol–water partition coefficient (Wildman–Crippen LogP) is 3.31. The minimum absolute atomic E-state index is 0.456. The van der Waals surface area contributed by atoms with E-state index < -0.39 is 5.60 Å². The van der Waals surface area contributed by atoms with Gasteiger partial charge in [-0.3, -0.25) is 0 Å². The first-order valence-electron chi connectivity index (χ1n) is 4.92. The van der Waals surface area contributed by atoms with Crippen LogP contribution in [0.4, 0.5) is 0 Å². The van der Waals surface area contributed by atoms with E-state index in [0.29, 0.717) is 5.92 Å². The molecule has 76 valence electrons. The summed E-state index contributed by atoms with van der Waals surface area (Å²) in [5.41, 5.74) is 0.582. The molecule has 1 N–H and O–H groups in total. The molecule has 0 aromatic heterocycles. The lowest BCUT2D eigenvalue weighted by molar-refractivity contribution is 0.0887. The highest BCUT2D eigenvalue weighted by Gasteiger charge is 2.19. The molecule has 0 aliphatic heterocycles. The van der Waals surface area contributed by atoms with Crippen LogP contribution < -0.4 is 0 Å². The fourth-order valence-electron chi connectivity index (χ4n) is 1.41. The molecule has 0 aliphatic rings. The summed E-state index contributed by atoms with van der Waals surface area (Å²) in [7, 11) is 0. The van der Waals surface area contributed by atoms with Crippen LogP contribution in [0.1, 0.15) is 40.5 Å². The van der Waals surface area contributed by atoms with Crippen LogP contribution in [0.15, 0.2) is 24.3 Å². The lowest BCUT2D eigenvalue weighted by Crippen LogP contribution is -2.23. The second kappa shape index (κ2) is 5.23. The Kier molecular flexibility index (Phi) is 5.01. The van der Waals surface area contributed by atoms with Crippen LogP contribution in [0.25, 0.3) is 0 Å². The van der Waals surface area contributed by atoms with E-state index in [1.54, 1.807) is 6.08 Å². The van der Waals surface area contributed by atoms with Gasteiger partial charge in [0, 0.05) is 0 Å². The van der Waals surface area contributed by atoms with E-state index in [-0.39, 0.29) is 0 Å². The van der Waals surface area contributed by atoms with Gasteiger partial charge in [0.25, 0.3) is 0 Å². The Hall–Kier alpha value is -0.560. The summed E-state index contributed by atoms with van der Waals surface area (Å²) in [6.45, 7) is 11.8. The molecule has 0 bridgehead atoms. The molecule has 0 aliphatic carbocycles. The van der Waals surface area contributed by atoms with Crippen LogP contribution in [0.5, 0.6) is 0 Å². The Morgan fingerprint density at radius 2 is 2.08 bits per heavy atom. The average Bonchev–Trinajstić information content (AvgIpc) is 2.02. The van der Waals surface area contributed by atoms with Crippen molar-refractivity contribution in [3.63, 3.8) is 0 Å². The third-order valence-corrected chi connectivity index (χ3v) is 2.21. The molecule has 0 aromatic rings. The molecule has 1 nitrogen and oxygen atoms in total. The van der Waals surface area contributed by atoms with Crippen molar-refractivity contribution in [3.05, 3.63) is 24.3 Å². The van der Waals surface area contributed by atoms with Crippen molar-refractivity contribution < 1.29 is 5.11 Å². The zero-order valence-electron chi connectivity index (χ0n) is 9.30. The average molecular weight is 182 g/mol. The molecule has 0 rings (SSSR count). The summed E-state index contributed by atoms with van der Waals surface area (Å²) in [6, 6.07) is 0. The van der Waals surface area contributed by atoms with E-state index in [0.717, 1.165) is 12.8 Å². The van der Waals surface area contributed by atoms with Crippen LogP contribution in [-0.4, -0.2) is 10.7 Å². The van der Waals surface area contributed by atoms with E-state index in [1.165, 1.54) is 5.57 Å². The van der Waals surface area contributed by atoms with Crippen LogP contribution in [-0.2, 0) is 0 Å². The van der Waals surface area contributed by atoms with Crippen molar-refractivity contribution in [2.24, 2.45) is 5.92 Å². The maximum Gasteiger partial charge on any atom is 0.0802 e. The monoisotopic (exact) mass is 182 g/mol. The highest BCUT2D eigenvalue weighted by atomic mass is 16.3. The molecule has 0 fully saturated rings. The molecule has 0 spiro atoms. The molecule has 2 atom stereocenters. The first-order chi connectivity index (χ1) is 5.91. The van der Waals surface area contributed by atoms with Crippen molar-refractivity contribution in [2.45, 2.75) is 46.1 Å². The number of aliphatic hydroxyl groups is 1. The molecule has 13 heavy (non-hydrogen) atoms. The van der Waals surface area contributed by atoms with E-state index in [1.807, 2.05) is 6.92 Å². The minimum atomic E-state index is -0.730. The Morgan fingerprint density at radius 3 is 2.38 bits per heavy atom. The first-order valence-corrected chi connectivity index (χ1v) is 4.92. The molecule has 2 unspecified atom stereocenters. The zero-order chi connectivity index (χ0) is 10.5. The molecular weight excluding hydrogens is 160 g/mol. The summed E-state index contributed by atoms with van der Waals surface area (Å²) < 4.78 is 0. The van der Waals surface area contributed by atoms with Crippen molar-refractivity contribution in [2.75, 3.05) is 0 Å². The Morgan fingerprint density at radius 1 is 1.54 bits per heavy atom. The number of allylic oxidation sites excluding steroid dienone is 2. The molecule has 1 heteroatoms. The fraction of sp³-hybridized carbons (Fsp3) is 0.667. The highest BCUT2D eigenvalue weighted by molar-refractivity contribution is 5.02. The standard InChI is InChI=1S/C12H22O/c1-6-11(8-10(3)4)9-12(5,13)7-2/h7-8,11,13H,2,6,9H2,1,3-5H3. The topological polar surface area (TPSA) is 20.2 Å². The molecule has 0 saturated carbocycles. The maximum atomic E-state index is 9.79. The summed E-state index contributed by atoms with van der Waals surface area (Å²) in [5, 5.41) is 9.79. The van der Waals surface area contributed by atoms with Crippen molar-refractivity contribution in [3.8, 4) is 0 Å². The fourth-order valence-corrected chi connectivity index (χ4v) is 1.41. The normalized spacial score (nSPS) is 17.3. The van der Waals surface area contributed by atoms with Gasteiger partial charge in [-0.25, -0.2) is 0 Å². The van der Waals surface area contributed by atoms with Gasteiger partial charge in [-0.2, -0.15) is 0 Å². The summed E-state index contributed by atoms with van der Waals surface area (Å²) in [4.78, 5) is 0. The van der Waals surface area contributed by atoms with Crippen molar-refractivity contribution in [1.29, 1.82) is 0 Å². The first kappa shape index (κ1) is 12.4. The summed E-state index contributed by atoms with van der Waals surface area (Å²) in [5.74, 6) is 0.456. The van der Waals surface area contributed by atoms with Gasteiger partial charge in [0.1, 0.15) is 0 Å². The lowest BCUT2D eigenvalue weighted by atomic mass is 9.89. The summed E-state index contributed by atoms with van der Waals surface area (Å²) >= 11 is 0. The van der Waals surface area contributed by atoms with Gasteiger partial charge >= 0.3 is 0 Å². The van der Waals surface area contributed by atoms with E-state index in [9.17, 15) is 5.11 Å². The van der Waals surface area contributed by atoms with E-state index in [2.05, 4.69) is 33.4 Å². The van der Waals surface area contributed by atoms with Gasteiger partial charge in [0.2, 0.25) is 0 Å². The van der Waals surface area contributed by atoms with Crippen LogP contribution in [0, 0.1) is 5.92 Å². The molecular formula is C12H22O. The second-order valence-corrected chi connectivity index (χ2v) is 4.18. The Labute approximate surface area is 82.2 Å². The van der Waals surface area contributed by atoms with Crippen LogP contribution in [0.2, 0.25) is 0 Å². The van der Waals surface area contributed by atoms with Gasteiger partial charge in [-0.15, -0.1) is 6.58 Å². The second-order valence-electron chi connectivity index (χ2n) is 4.18. The third kappa shape index (κ3) is 5.64. The van der Waals surface area contributed by atoms with Crippen molar-refractivity contribution in [1.82, 2.24) is 0 Å². The SMILES string of the molecule is C=CC(C)(O)CC(C=C(C)C)CC. The minimum Gasteiger partial charge on any atom is -0.386 e. The van der Waals surface area contributed by atoms with Gasteiger partial charge < -0.3 is 5.11 Å². The van der Waals surface area contributed by atoms with Gasteiger partial charge in [-0.1, -0.05) is 24.6 Å². The smallest absolute Gasteiger partial charge is 0.0802 e. The zero-order valence-corrected chi connectivity index (χ0v) is 9.30. The molecule has 0 radical (unpaired) electrons. The van der Waals surface area contributed by atoms with Gasteiger partial charge in [-0.05, 0) is 39.5 Å². The quantitative estimate of drug-likeness (QED) is 0.647. The lowest BCUT2D eigenvalue weighted by Gasteiger charge is -2.23. The Bertz CT molecular complexity index is 185. The molecule has 0 heterocycles. The number of hydrogen-bond acceptors (Lipinski definition) is 1. The third-order valence-electron chi connectivity index (χ3n) is 2.21. The largest absolute Gasteiger partial charge is 0.386 e. The molecule has 0 saturated heterocycles. The van der Waals surface area contributed by atoms with Crippen LogP contribution in [0.3, 0.4) is 0 Å². The molecule has 0 amide bonds. The van der Waals surface area contributed by atoms with E-state index >= 15 is 0 Å². The number of rotatable bonds is 5. The Balaban J connectivity index is 4.29. The summed E-state index contributed by atoms with van der Waals surface area (Å²) in [6.07, 6.45) is 5.67. The van der Waals surface area contributed by atoms with Crippen molar-refractivity contribution >= 4 is 0 Å². The van der Waals surface area contributed by atoms with Gasteiger partial charge in [0.15, 0.2) is 0 Å². The predicted molar refractivity (Wildman–Crippen MR) is 58.6 cm³/mol. The molecule has 0 aromatic carbocycles. The van der Waals surface area contributed by atoms with Gasteiger partial charge in [0.05, 0.1) is 5.60 Å². The van der Waals surface area contributed by atoms with Crippen LogP contribution >= 0.6 is 0 Å².